The van der Waals surface area contributed by atoms with Gasteiger partial charge in [0.25, 0.3) is 5.69 Å². The summed E-state index contributed by atoms with van der Waals surface area (Å²) in [6.07, 6.45) is 0. The third-order valence-corrected chi connectivity index (χ3v) is 2.66. The number of ether oxygens (including phenoxy) is 1. The summed E-state index contributed by atoms with van der Waals surface area (Å²) in [6, 6.07) is 5.02. The van der Waals surface area contributed by atoms with Crippen molar-refractivity contribution in [1.82, 2.24) is 10.2 Å². The molecule has 0 unspecified atom stereocenters. The maximum atomic E-state index is 10.2. The molecule has 20 heavy (non-hydrogen) atoms. The molecule has 1 saturated heterocycles. The van der Waals surface area contributed by atoms with Crippen molar-refractivity contribution in [2.24, 2.45) is 0 Å². The molecule has 1 aliphatic heterocycles. The van der Waals surface area contributed by atoms with E-state index in [0.717, 1.165) is 13.1 Å². The Kier molecular flexibility index (Phi) is 6.92. The molecule has 0 bridgehead atoms. The molecule has 0 radical (unpaired) electrons. The third kappa shape index (κ3) is 6.46. The molecule has 0 aromatic heterocycles. The van der Waals surface area contributed by atoms with E-state index < -0.39 is 10.4 Å². The second-order valence-corrected chi connectivity index (χ2v) is 4.45. The molecule has 0 aliphatic carbocycles. The molecule has 1 aromatic rings. The number of nitrogens with zero attached hydrogens (tertiary/aromatic N) is 2. The predicted molar refractivity (Wildman–Crippen MR) is 75.3 cm³/mol. The summed E-state index contributed by atoms with van der Waals surface area (Å²) in [5.41, 5.74) is -1.05. The summed E-state index contributed by atoms with van der Waals surface area (Å²) in [4.78, 5) is 22.2. The van der Waals surface area contributed by atoms with Gasteiger partial charge in [-0.1, -0.05) is 0 Å². The minimum Gasteiger partial charge on any atom is -0.414 e. The number of piperazine rings is 1. The van der Waals surface area contributed by atoms with Gasteiger partial charge in [0, 0.05) is 49.9 Å². The Labute approximate surface area is 121 Å². The number of halogens is 1. The van der Waals surface area contributed by atoms with E-state index in [1.165, 1.54) is 37.4 Å². The fourth-order valence-corrected chi connectivity index (χ4v) is 1.59. The van der Waals surface area contributed by atoms with Crippen LogP contribution >= 0.6 is 11.6 Å². The number of non-ortho nitro benzene ring substituents is 1. The van der Waals surface area contributed by atoms with E-state index >= 15 is 0 Å². The van der Waals surface area contributed by atoms with Gasteiger partial charge in [-0.25, -0.2) is 4.79 Å². The van der Waals surface area contributed by atoms with E-state index in [4.69, 9.17) is 11.6 Å². The topological polar surface area (TPSA) is 84.7 Å². The fraction of sp³-hybridized carbons (Fsp3) is 0.417. The Bertz CT molecular complexity index is 447. The molecule has 0 saturated carbocycles. The minimum atomic E-state index is -0.978. The van der Waals surface area contributed by atoms with Gasteiger partial charge in [0.2, 0.25) is 0 Å². The molecule has 1 fully saturated rings. The van der Waals surface area contributed by atoms with E-state index in [1.54, 1.807) is 0 Å². The largest absolute Gasteiger partial charge is 0.414 e. The lowest BCUT2D eigenvalue weighted by Crippen LogP contribution is -2.40. The van der Waals surface area contributed by atoms with Crippen molar-refractivity contribution in [1.29, 1.82) is 0 Å². The fourth-order valence-electron chi connectivity index (χ4n) is 1.51. The number of carbonyl (C=O) groups excluding carboxylic acids is 1. The number of carbonyl (C=O) groups is 1. The summed E-state index contributed by atoms with van der Waals surface area (Å²) < 4.78 is 4.45. The average molecular weight is 302 g/mol. The first kappa shape index (κ1) is 16.4. The van der Waals surface area contributed by atoms with Gasteiger partial charge in [0.05, 0.1) is 4.92 Å². The van der Waals surface area contributed by atoms with Crippen molar-refractivity contribution in [2.75, 3.05) is 33.2 Å². The molecule has 2 rings (SSSR count). The molecule has 110 valence electrons. The van der Waals surface area contributed by atoms with Gasteiger partial charge in [-0.2, -0.15) is 0 Å². The van der Waals surface area contributed by atoms with Gasteiger partial charge < -0.3 is 15.0 Å². The second-order valence-electron chi connectivity index (χ2n) is 4.14. The van der Waals surface area contributed by atoms with Crippen molar-refractivity contribution in [2.45, 2.75) is 0 Å². The summed E-state index contributed by atoms with van der Waals surface area (Å²) in [5.74, 6) is 0.172. The van der Waals surface area contributed by atoms with Crippen LogP contribution in [0, 0.1) is 10.1 Å². The Morgan fingerprint density at radius 1 is 1.35 bits per heavy atom. The number of hydrogen-bond acceptors (Lipinski definition) is 6. The van der Waals surface area contributed by atoms with Crippen LogP contribution in [0.5, 0.6) is 5.75 Å². The van der Waals surface area contributed by atoms with Crippen molar-refractivity contribution >= 4 is 22.7 Å². The molecule has 0 amide bonds. The normalized spacial score (nSPS) is 14.9. The summed E-state index contributed by atoms with van der Waals surface area (Å²) in [6.45, 7) is 4.74. The SMILES string of the molecule is CN1CCNCC1.O=C(Cl)Oc1ccc([N+](=O)[O-])cc1. The number of hydrogen-bond donors (Lipinski definition) is 1. The first-order chi connectivity index (χ1) is 9.49. The standard InChI is InChI=1S/C7H4ClNO4.C5H12N2/c8-7(10)13-6-3-1-5(2-4-6)9(11)12;1-7-4-2-6-3-5-7/h1-4H;6H,2-5H2,1H3. The van der Waals surface area contributed by atoms with E-state index in [2.05, 4.69) is 22.0 Å². The Morgan fingerprint density at radius 2 is 1.90 bits per heavy atom. The zero-order valence-electron chi connectivity index (χ0n) is 11.0. The summed E-state index contributed by atoms with van der Waals surface area (Å²) in [5, 5.41) is 13.5. The predicted octanol–water partition coefficient (Wildman–Crippen LogP) is 1.85. The van der Waals surface area contributed by atoms with Gasteiger partial charge in [-0.15, -0.1) is 0 Å². The zero-order valence-corrected chi connectivity index (χ0v) is 11.8. The van der Waals surface area contributed by atoms with Crippen molar-refractivity contribution in [3.63, 3.8) is 0 Å². The molecule has 1 heterocycles. The maximum absolute atomic E-state index is 10.2. The van der Waals surface area contributed by atoms with Crippen LogP contribution < -0.4 is 10.1 Å². The van der Waals surface area contributed by atoms with Crippen LogP contribution in [0.1, 0.15) is 0 Å². The van der Waals surface area contributed by atoms with Crippen molar-refractivity contribution in [3.05, 3.63) is 34.4 Å². The summed E-state index contributed by atoms with van der Waals surface area (Å²) >= 11 is 4.92. The number of rotatable bonds is 2. The van der Waals surface area contributed by atoms with Crippen LogP contribution in [0.15, 0.2) is 24.3 Å². The molecule has 1 aromatic carbocycles. The van der Waals surface area contributed by atoms with Crippen LogP contribution in [-0.2, 0) is 0 Å². The van der Waals surface area contributed by atoms with Gasteiger partial charge in [-0.05, 0) is 19.2 Å². The molecule has 0 atom stereocenters. The highest BCUT2D eigenvalue weighted by molar-refractivity contribution is 6.61. The third-order valence-electron chi connectivity index (χ3n) is 2.59. The lowest BCUT2D eigenvalue weighted by atomic mass is 10.3. The van der Waals surface area contributed by atoms with Crippen LogP contribution in [0.25, 0.3) is 0 Å². The van der Waals surface area contributed by atoms with Gasteiger partial charge in [-0.3, -0.25) is 10.1 Å². The lowest BCUT2D eigenvalue weighted by molar-refractivity contribution is -0.384. The number of nitro benzene ring substituents is 1. The molecule has 8 heteroatoms. The minimum absolute atomic E-state index is 0.0747. The van der Waals surface area contributed by atoms with Crippen LogP contribution in [-0.4, -0.2) is 48.5 Å². The van der Waals surface area contributed by atoms with E-state index in [9.17, 15) is 14.9 Å². The van der Waals surface area contributed by atoms with E-state index in [1.807, 2.05) is 0 Å². The highest BCUT2D eigenvalue weighted by Gasteiger charge is 2.05. The highest BCUT2D eigenvalue weighted by Crippen LogP contribution is 2.17. The first-order valence-corrected chi connectivity index (χ1v) is 6.38. The van der Waals surface area contributed by atoms with E-state index in [0.29, 0.717) is 0 Å². The lowest BCUT2D eigenvalue weighted by Gasteiger charge is -2.21. The smallest absolute Gasteiger partial charge is 0.409 e. The van der Waals surface area contributed by atoms with Crippen LogP contribution in [0.3, 0.4) is 0 Å². The van der Waals surface area contributed by atoms with Gasteiger partial charge in [0.15, 0.2) is 0 Å². The van der Waals surface area contributed by atoms with Crippen LogP contribution in [0.4, 0.5) is 10.5 Å². The maximum Gasteiger partial charge on any atom is 0.409 e. The Hall–Kier alpha value is -1.70. The summed E-state index contributed by atoms with van der Waals surface area (Å²) in [7, 11) is 2.15. The number of nitrogens with one attached hydrogen (secondary N) is 1. The number of nitro groups is 1. The van der Waals surface area contributed by atoms with Crippen molar-refractivity contribution < 1.29 is 14.5 Å². The Balaban J connectivity index is 0.000000240. The monoisotopic (exact) mass is 301 g/mol. The average Bonchev–Trinajstić information content (AvgIpc) is 2.40. The molecular formula is C12H16ClN3O4. The quantitative estimate of drug-likeness (QED) is 0.510. The molecule has 0 spiro atoms. The second kappa shape index (κ2) is 8.47. The zero-order chi connectivity index (χ0) is 15.0. The number of likely N-dealkylation sites (N-methyl/N-ethyl adjacent to an activating group) is 1. The highest BCUT2D eigenvalue weighted by atomic mass is 35.5. The molecule has 1 aliphatic rings. The molecule has 7 nitrogen and oxygen atoms in total. The number of benzene rings is 1. The molecule has 1 N–H and O–H groups in total. The van der Waals surface area contributed by atoms with Gasteiger partial charge in [0.1, 0.15) is 5.75 Å². The van der Waals surface area contributed by atoms with Crippen LogP contribution in [0.2, 0.25) is 0 Å². The van der Waals surface area contributed by atoms with E-state index in [-0.39, 0.29) is 11.4 Å². The van der Waals surface area contributed by atoms with Crippen molar-refractivity contribution in [3.8, 4) is 5.75 Å². The molecular weight excluding hydrogens is 286 g/mol. The Morgan fingerprint density at radius 3 is 2.25 bits per heavy atom. The first-order valence-electron chi connectivity index (χ1n) is 6.00. The van der Waals surface area contributed by atoms with Gasteiger partial charge >= 0.3 is 5.43 Å².